The van der Waals surface area contributed by atoms with Gasteiger partial charge in [-0.3, -0.25) is 9.00 Å². The van der Waals surface area contributed by atoms with E-state index in [0.29, 0.717) is 12.2 Å². The van der Waals surface area contributed by atoms with Gasteiger partial charge < -0.3 is 0 Å². The van der Waals surface area contributed by atoms with Crippen molar-refractivity contribution in [3.05, 3.63) is 41.5 Å². The first-order valence-corrected chi connectivity index (χ1v) is 7.15. The van der Waals surface area contributed by atoms with Crippen LogP contribution in [0, 0.1) is 0 Å². The first-order valence-electron chi connectivity index (χ1n) is 5.83. The van der Waals surface area contributed by atoms with Crippen molar-refractivity contribution >= 4 is 16.6 Å². The maximum Gasteiger partial charge on any atom is 0.158 e. The summed E-state index contributed by atoms with van der Waals surface area (Å²) in [6, 6.07) is 9.43. The van der Waals surface area contributed by atoms with Gasteiger partial charge in [0.05, 0.1) is 10.8 Å². The molecule has 0 aromatic heterocycles. The first-order chi connectivity index (χ1) is 8.18. The van der Waals surface area contributed by atoms with Crippen LogP contribution in [0.1, 0.15) is 26.2 Å². The third-order valence-electron chi connectivity index (χ3n) is 3.14. The molecule has 0 spiro atoms. The number of carbonyl (C=O) groups is 1. The van der Waals surface area contributed by atoms with Gasteiger partial charge in [-0.05, 0) is 37.5 Å². The molecule has 0 N–H and O–H groups in total. The Kier molecular flexibility index (Phi) is 3.89. The number of hydrogen-bond donors (Lipinski definition) is 0. The van der Waals surface area contributed by atoms with Crippen molar-refractivity contribution in [3.8, 4) is 0 Å². The van der Waals surface area contributed by atoms with Crippen molar-refractivity contribution in [3.63, 3.8) is 0 Å². The molecule has 3 heteroatoms. The molecule has 0 saturated carbocycles. The summed E-state index contributed by atoms with van der Waals surface area (Å²) in [5, 5.41) is 0. The Balaban J connectivity index is 2.14. The van der Waals surface area contributed by atoms with E-state index >= 15 is 0 Å². The van der Waals surface area contributed by atoms with E-state index in [9.17, 15) is 9.00 Å². The van der Waals surface area contributed by atoms with Crippen molar-refractivity contribution in [2.45, 2.75) is 31.1 Å². The number of Topliss-reactive ketones (excluding diaryl/α,β-unsaturated/α-hetero) is 1. The summed E-state index contributed by atoms with van der Waals surface area (Å²) in [4.78, 5) is 12.4. The molecule has 2 nitrogen and oxygen atoms in total. The van der Waals surface area contributed by atoms with Gasteiger partial charge in [-0.25, -0.2) is 0 Å². The zero-order valence-corrected chi connectivity index (χ0v) is 10.8. The molecule has 0 aliphatic heterocycles. The van der Waals surface area contributed by atoms with E-state index in [-0.39, 0.29) is 5.78 Å². The maximum absolute atomic E-state index is 12.1. The molecule has 0 fully saturated rings. The highest BCUT2D eigenvalue weighted by atomic mass is 32.2. The minimum absolute atomic E-state index is 0.219. The molecule has 17 heavy (non-hydrogen) atoms. The van der Waals surface area contributed by atoms with Crippen LogP contribution in [0.5, 0.6) is 0 Å². The van der Waals surface area contributed by atoms with E-state index in [4.69, 9.17) is 0 Å². The summed E-state index contributed by atoms with van der Waals surface area (Å²) in [6.45, 7) is 1.86. The summed E-state index contributed by atoms with van der Waals surface area (Å²) < 4.78 is 12.1. The van der Waals surface area contributed by atoms with Gasteiger partial charge >= 0.3 is 0 Å². The molecule has 1 aromatic carbocycles. The smallest absolute Gasteiger partial charge is 0.158 e. The van der Waals surface area contributed by atoms with Gasteiger partial charge in [0.15, 0.2) is 5.78 Å². The van der Waals surface area contributed by atoms with Gasteiger partial charge in [-0.15, -0.1) is 0 Å². The Hall–Kier alpha value is -1.22. The normalized spacial score (nSPS) is 18.3. The Labute approximate surface area is 104 Å². The lowest BCUT2D eigenvalue weighted by Gasteiger charge is -2.16. The second-order valence-electron chi connectivity index (χ2n) is 4.31. The lowest BCUT2D eigenvalue weighted by molar-refractivity contribution is -0.116. The van der Waals surface area contributed by atoms with E-state index in [1.165, 1.54) is 0 Å². The zero-order chi connectivity index (χ0) is 12.3. The van der Waals surface area contributed by atoms with E-state index in [0.717, 1.165) is 28.9 Å². The lowest BCUT2D eigenvalue weighted by atomic mass is 9.93. The van der Waals surface area contributed by atoms with Crippen molar-refractivity contribution in [2.75, 3.05) is 5.75 Å². The number of allylic oxidation sites excluding steroid dienone is 1. The minimum Gasteiger partial charge on any atom is -0.295 e. The van der Waals surface area contributed by atoms with Crippen LogP contribution in [-0.4, -0.2) is 15.7 Å². The number of hydrogen-bond acceptors (Lipinski definition) is 2. The van der Waals surface area contributed by atoms with E-state index in [2.05, 4.69) is 0 Å². The van der Waals surface area contributed by atoms with Gasteiger partial charge in [0.25, 0.3) is 0 Å². The molecule has 0 unspecified atom stereocenters. The van der Waals surface area contributed by atoms with E-state index in [1.54, 1.807) is 0 Å². The van der Waals surface area contributed by atoms with Crippen LogP contribution in [0.15, 0.2) is 46.4 Å². The fourth-order valence-electron chi connectivity index (χ4n) is 2.03. The fourth-order valence-corrected chi connectivity index (χ4v) is 3.33. The molecule has 0 saturated heterocycles. The number of carbonyl (C=O) groups excluding carboxylic acids is 1. The van der Waals surface area contributed by atoms with Crippen LogP contribution in [0.4, 0.5) is 0 Å². The highest BCUT2D eigenvalue weighted by Gasteiger charge is 2.18. The van der Waals surface area contributed by atoms with Crippen molar-refractivity contribution < 1.29 is 9.00 Å². The molecule has 0 bridgehead atoms. The van der Waals surface area contributed by atoms with E-state index in [1.807, 2.05) is 37.3 Å². The first kappa shape index (κ1) is 12.2. The third-order valence-corrected chi connectivity index (χ3v) is 4.55. The van der Waals surface area contributed by atoms with Crippen LogP contribution in [0.3, 0.4) is 0 Å². The Morgan fingerprint density at radius 3 is 2.59 bits per heavy atom. The van der Waals surface area contributed by atoms with Crippen LogP contribution < -0.4 is 0 Å². The molecule has 90 valence electrons. The SMILES string of the molecule is CC1=C(C[S@](=O)c2ccccc2)CCCC1=O. The molecule has 0 amide bonds. The number of ketones is 1. The van der Waals surface area contributed by atoms with Crippen molar-refractivity contribution in [1.29, 1.82) is 0 Å². The topological polar surface area (TPSA) is 34.1 Å². The molecular formula is C14H16O2S. The predicted molar refractivity (Wildman–Crippen MR) is 69.3 cm³/mol. The lowest BCUT2D eigenvalue weighted by Crippen LogP contribution is -2.13. The van der Waals surface area contributed by atoms with Gasteiger partial charge in [0.1, 0.15) is 0 Å². The van der Waals surface area contributed by atoms with Gasteiger partial charge in [0.2, 0.25) is 0 Å². The van der Waals surface area contributed by atoms with Gasteiger partial charge in [-0.2, -0.15) is 0 Å². The average Bonchev–Trinajstić information content (AvgIpc) is 2.36. The monoisotopic (exact) mass is 248 g/mol. The Morgan fingerprint density at radius 1 is 1.18 bits per heavy atom. The molecular weight excluding hydrogens is 232 g/mol. The average molecular weight is 248 g/mol. The minimum atomic E-state index is -1.03. The maximum atomic E-state index is 12.1. The highest BCUT2D eigenvalue weighted by Crippen LogP contribution is 2.23. The van der Waals surface area contributed by atoms with Crippen LogP contribution in [-0.2, 0) is 15.6 Å². The molecule has 1 aliphatic carbocycles. The second-order valence-corrected chi connectivity index (χ2v) is 5.76. The standard InChI is InChI=1S/C14H16O2S/c1-11-12(6-5-9-14(11)15)10-17(16)13-7-3-2-4-8-13/h2-4,7-8H,5-6,9-10H2,1H3/t17-/m0/s1. The highest BCUT2D eigenvalue weighted by molar-refractivity contribution is 7.85. The largest absolute Gasteiger partial charge is 0.295 e. The molecule has 1 atom stereocenters. The summed E-state index contributed by atoms with van der Waals surface area (Å²) in [5.41, 5.74) is 1.91. The number of rotatable bonds is 3. The summed E-state index contributed by atoms with van der Waals surface area (Å²) in [5.74, 6) is 0.720. The third kappa shape index (κ3) is 2.91. The molecule has 0 radical (unpaired) electrons. The van der Waals surface area contributed by atoms with E-state index < -0.39 is 10.8 Å². The predicted octanol–water partition coefficient (Wildman–Crippen LogP) is 2.86. The second kappa shape index (κ2) is 5.41. The zero-order valence-electron chi connectivity index (χ0n) is 9.94. The molecule has 1 aliphatic rings. The summed E-state index contributed by atoms with van der Waals surface area (Å²) >= 11 is 0. The van der Waals surface area contributed by atoms with Gasteiger partial charge in [0, 0.05) is 17.1 Å². The molecule has 1 aromatic rings. The molecule has 2 rings (SSSR count). The van der Waals surface area contributed by atoms with Crippen LogP contribution in [0.25, 0.3) is 0 Å². The quantitative estimate of drug-likeness (QED) is 0.824. The molecule has 0 heterocycles. The Morgan fingerprint density at radius 2 is 1.88 bits per heavy atom. The van der Waals surface area contributed by atoms with Crippen LogP contribution in [0.2, 0.25) is 0 Å². The van der Waals surface area contributed by atoms with Crippen molar-refractivity contribution in [2.24, 2.45) is 0 Å². The summed E-state index contributed by atoms with van der Waals surface area (Å²) in [7, 11) is -1.03. The number of benzene rings is 1. The fraction of sp³-hybridized carbons (Fsp3) is 0.357. The van der Waals surface area contributed by atoms with Gasteiger partial charge in [-0.1, -0.05) is 23.8 Å². The summed E-state index contributed by atoms with van der Waals surface area (Å²) in [6.07, 6.45) is 2.46. The van der Waals surface area contributed by atoms with Crippen molar-refractivity contribution in [1.82, 2.24) is 0 Å². The van der Waals surface area contributed by atoms with Crippen LogP contribution >= 0.6 is 0 Å². The Bertz CT molecular complexity index is 474.